The van der Waals surface area contributed by atoms with Crippen molar-refractivity contribution in [2.75, 3.05) is 5.32 Å². The Morgan fingerprint density at radius 3 is 2.61 bits per heavy atom. The molecule has 1 aliphatic rings. The lowest BCUT2D eigenvalue weighted by atomic mass is 9.96. The molecular formula is C15H20BrNO. The minimum absolute atomic E-state index is 0.153. The second-order valence-electron chi connectivity index (χ2n) is 5.12. The first kappa shape index (κ1) is 13.6. The monoisotopic (exact) mass is 309 g/mol. The summed E-state index contributed by atoms with van der Waals surface area (Å²) in [6, 6.07) is 7.76. The molecule has 1 fully saturated rings. The van der Waals surface area contributed by atoms with Crippen LogP contribution in [-0.4, -0.2) is 5.91 Å². The second kappa shape index (κ2) is 6.93. The highest BCUT2D eigenvalue weighted by molar-refractivity contribution is 9.10. The van der Waals surface area contributed by atoms with E-state index in [0.29, 0.717) is 12.3 Å². The van der Waals surface area contributed by atoms with Crippen molar-refractivity contribution < 1.29 is 4.79 Å². The lowest BCUT2D eigenvalue weighted by Gasteiger charge is -2.13. The second-order valence-corrected chi connectivity index (χ2v) is 6.04. The largest absolute Gasteiger partial charge is 0.326 e. The number of rotatable bonds is 3. The molecule has 98 valence electrons. The lowest BCUT2D eigenvalue weighted by molar-refractivity contribution is -0.117. The van der Waals surface area contributed by atoms with Gasteiger partial charge in [0, 0.05) is 16.6 Å². The number of anilines is 1. The molecule has 2 nitrogen and oxygen atoms in total. The van der Waals surface area contributed by atoms with E-state index in [9.17, 15) is 4.79 Å². The molecule has 0 aliphatic heterocycles. The number of halogens is 1. The van der Waals surface area contributed by atoms with Crippen LogP contribution in [0.2, 0.25) is 0 Å². The van der Waals surface area contributed by atoms with E-state index in [1.165, 1.54) is 38.5 Å². The van der Waals surface area contributed by atoms with Gasteiger partial charge in [0.1, 0.15) is 0 Å². The lowest BCUT2D eigenvalue weighted by Crippen LogP contribution is -2.16. The van der Waals surface area contributed by atoms with Crippen LogP contribution >= 0.6 is 15.9 Å². The molecule has 1 aromatic carbocycles. The molecular weight excluding hydrogens is 290 g/mol. The summed E-state index contributed by atoms with van der Waals surface area (Å²) in [5.74, 6) is 0.736. The molecule has 18 heavy (non-hydrogen) atoms. The summed E-state index contributed by atoms with van der Waals surface area (Å²) >= 11 is 3.41. The molecule has 0 saturated heterocycles. The smallest absolute Gasteiger partial charge is 0.224 e. The third kappa shape index (κ3) is 4.45. The summed E-state index contributed by atoms with van der Waals surface area (Å²) in [4.78, 5) is 12.0. The van der Waals surface area contributed by atoms with Crippen molar-refractivity contribution in [1.82, 2.24) is 0 Å². The van der Waals surface area contributed by atoms with Crippen molar-refractivity contribution in [2.45, 2.75) is 44.9 Å². The van der Waals surface area contributed by atoms with E-state index in [0.717, 1.165) is 10.2 Å². The molecule has 0 heterocycles. The van der Waals surface area contributed by atoms with E-state index in [4.69, 9.17) is 0 Å². The van der Waals surface area contributed by atoms with Crippen LogP contribution in [-0.2, 0) is 4.79 Å². The van der Waals surface area contributed by atoms with Crippen LogP contribution in [0.3, 0.4) is 0 Å². The molecule has 1 saturated carbocycles. The maximum Gasteiger partial charge on any atom is 0.224 e. The molecule has 0 bridgehead atoms. The number of hydrogen-bond acceptors (Lipinski definition) is 1. The fourth-order valence-electron chi connectivity index (χ4n) is 2.61. The van der Waals surface area contributed by atoms with Gasteiger partial charge in [-0.25, -0.2) is 0 Å². The molecule has 2 rings (SSSR count). The summed E-state index contributed by atoms with van der Waals surface area (Å²) in [6.45, 7) is 0. The minimum atomic E-state index is 0.153. The van der Waals surface area contributed by atoms with E-state index >= 15 is 0 Å². The number of benzene rings is 1. The Bertz CT molecular complexity index is 397. The van der Waals surface area contributed by atoms with Gasteiger partial charge in [0.25, 0.3) is 0 Å². The van der Waals surface area contributed by atoms with Crippen LogP contribution in [0, 0.1) is 5.92 Å². The van der Waals surface area contributed by atoms with Gasteiger partial charge in [-0.15, -0.1) is 0 Å². The number of hydrogen-bond donors (Lipinski definition) is 1. The minimum Gasteiger partial charge on any atom is -0.326 e. The topological polar surface area (TPSA) is 29.1 Å². The average molecular weight is 310 g/mol. The highest BCUT2D eigenvalue weighted by atomic mass is 79.9. The maximum absolute atomic E-state index is 12.0. The zero-order chi connectivity index (χ0) is 12.8. The number of carbonyl (C=O) groups is 1. The van der Waals surface area contributed by atoms with Gasteiger partial charge in [-0.05, 0) is 37.0 Å². The summed E-state index contributed by atoms with van der Waals surface area (Å²) in [6.07, 6.45) is 8.35. The third-order valence-electron chi connectivity index (χ3n) is 3.56. The molecule has 1 aliphatic carbocycles. The van der Waals surface area contributed by atoms with E-state index in [-0.39, 0.29) is 5.91 Å². The van der Waals surface area contributed by atoms with Gasteiger partial charge in [0.2, 0.25) is 5.91 Å². The van der Waals surface area contributed by atoms with Crippen LogP contribution in [0.15, 0.2) is 28.7 Å². The molecule has 0 atom stereocenters. The van der Waals surface area contributed by atoms with Crippen molar-refractivity contribution in [3.05, 3.63) is 28.7 Å². The highest BCUT2D eigenvalue weighted by Crippen LogP contribution is 2.26. The number of carbonyl (C=O) groups excluding carboxylic acids is 1. The fourth-order valence-corrected chi connectivity index (χ4v) is 3.01. The molecule has 1 N–H and O–H groups in total. The van der Waals surface area contributed by atoms with E-state index in [1.54, 1.807) is 0 Å². The van der Waals surface area contributed by atoms with Crippen molar-refractivity contribution in [3.63, 3.8) is 0 Å². The molecule has 1 aromatic rings. The normalized spacial score (nSPS) is 17.2. The van der Waals surface area contributed by atoms with Gasteiger partial charge in [0.15, 0.2) is 0 Å². The molecule has 0 aromatic heterocycles. The molecule has 0 radical (unpaired) electrons. The summed E-state index contributed by atoms with van der Waals surface area (Å²) < 4.78 is 0.995. The molecule has 3 heteroatoms. The van der Waals surface area contributed by atoms with Crippen LogP contribution in [0.1, 0.15) is 44.9 Å². The zero-order valence-electron chi connectivity index (χ0n) is 10.6. The van der Waals surface area contributed by atoms with Crippen molar-refractivity contribution in [3.8, 4) is 0 Å². The first-order chi connectivity index (χ1) is 8.74. The quantitative estimate of drug-likeness (QED) is 0.802. The molecule has 1 amide bonds. The van der Waals surface area contributed by atoms with E-state index in [1.807, 2.05) is 24.3 Å². The van der Waals surface area contributed by atoms with Crippen LogP contribution in [0.25, 0.3) is 0 Å². The third-order valence-corrected chi connectivity index (χ3v) is 4.05. The highest BCUT2D eigenvalue weighted by Gasteiger charge is 2.16. The first-order valence-electron chi connectivity index (χ1n) is 6.79. The summed E-state index contributed by atoms with van der Waals surface area (Å²) in [5, 5.41) is 2.98. The summed E-state index contributed by atoms with van der Waals surface area (Å²) in [5.41, 5.74) is 0.878. The predicted molar refractivity (Wildman–Crippen MR) is 78.6 cm³/mol. The van der Waals surface area contributed by atoms with Gasteiger partial charge in [-0.2, -0.15) is 0 Å². The Morgan fingerprint density at radius 2 is 1.94 bits per heavy atom. The molecule has 0 unspecified atom stereocenters. The number of amides is 1. The zero-order valence-corrected chi connectivity index (χ0v) is 12.2. The Morgan fingerprint density at radius 1 is 1.22 bits per heavy atom. The molecule has 0 spiro atoms. The fraction of sp³-hybridized carbons (Fsp3) is 0.533. The predicted octanol–water partition coefficient (Wildman–Crippen LogP) is 4.75. The van der Waals surface area contributed by atoms with E-state index in [2.05, 4.69) is 21.2 Å². The van der Waals surface area contributed by atoms with Gasteiger partial charge in [-0.1, -0.05) is 47.7 Å². The SMILES string of the molecule is O=C(CC1CCCCCC1)Nc1cccc(Br)c1. The summed E-state index contributed by atoms with van der Waals surface area (Å²) in [7, 11) is 0. The average Bonchev–Trinajstić information content (AvgIpc) is 2.57. The van der Waals surface area contributed by atoms with E-state index < -0.39 is 0 Å². The Kier molecular flexibility index (Phi) is 5.24. The maximum atomic E-state index is 12.0. The van der Waals surface area contributed by atoms with Gasteiger partial charge in [0.05, 0.1) is 0 Å². The van der Waals surface area contributed by atoms with Crippen LogP contribution in [0.4, 0.5) is 5.69 Å². The van der Waals surface area contributed by atoms with Crippen molar-refractivity contribution in [1.29, 1.82) is 0 Å². The Balaban J connectivity index is 1.84. The van der Waals surface area contributed by atoms with Crippen molar-refractivity contribution >= 4 is 27.5 Å². The van der Waals surface area contributed by atoms with Crippen molar-refractivity contribution in [2.24, 2.45) is 5.92 Å². The first-order valence-corrected chi connectivity index (χ1v) is 7.59. The van der Waals surface area contributed by atoms with Crippen LogP contribution < -0.4 is 5.32 Å². The van der Waals surface area contributed by atoms with Gasteiger partial charge in [-0.3, -0.25) is 4.79 Å². The Labute approximate surface area is 117 Å². The van der Waals surface area contributed by atoms with Crippen LogP contribution in [0.5, 0.6) is 0 Å². The number of nitrogens with one attached hydrogen (secondary N) is 1. The standard InChI is InChI=1S/C15H20BrNO/c16-13-8-5-9-14(11-13)17-15(18)10-12-6-3-1-2-4-7-12/h5,8-9,11-12H,1-4,6-7,10H2,(H,17,18). The Hall–Kier alpha value is -0.830. The van der Waals surface area contributed by atoms with Gasteiger partial charge >= 0.3 is 0 Å². The van der Waals surface area contributed by atoms with Gasteiger partial charge < -0.3 is 5.32 Å².